The predicted molar refractivity (Wildman–Crippen MR) is 460 cm³/mol. The third kappa shape index (κ3) is 16.0. The van der Waals surface area contributed by atoms with Gasteiger partial charge in [-0.3, -0.25) is 0 Å². The van der Waals surface area contributed by atoms with E-state index in [0.29, 0.717) is 0 Å². The fourth-order valence-corrected chi connectivity index (χ4v) is 25.5. The van der Waals surface area contributed by atoms with Gasteiger partial charge in [0.2, 0.25) is 0 Å². The van der Waals surface area contributed by atoms with E-state index in [2.05, 4.69) is 201 Å². The minimum absolute atomic E-state index is 0.932. The van der Waals surface area contributed by atoms with Crippen molar-refractivity contribution in [1.29, 1.82) is 0 Å². The minimum Gasteiger partial charge on any atom is -0.172 e. The third-order valence-corrected chi connectivity index (χ3v) is 31.0. The average Bonchev–Trinajstić information content (AvgIpc) is 1.54. The van der Waals surface area contributed by atoms with E-state index in [-0.39, 0.29) is 0 Å². The van der Waals surface area contributed by atoms with Crippen LogP contribution in [0.2, 0.25) is 0 Å². The maximum absolute atomic E-state index is 5.20. The van der Waals surface area contributed by atoms with Gasteiger partial charge in [0.1, 0.15) is 11.0 Å². The van der Waals surface area contributed by atoms with Crippen molar-refractivity contribution in [2.45, 2.75) is 209 Å². The van der Waals surface area contributed by atoms with Gasteiger partial charge >= 0.3 is 0 Å². The van der Waals surface area contributed by atoms with Gasteiger partial charge in [0.15, 0.2) is 0 Å². The molecule has 11 heteroatoms. The van der Waals surface area contributed by atoms with E-state index >= 15 is 0 Å². The number of allylic oxidation sites excluding steroid dienone is 4. The zero-order chi connectivity index (χ0) is 69.3. The first kappa shape index (κ1) is 72.0. The van der Waals surface area contributed by atoms with Crippen LogP contribution in [-0.4, -0.2) is 8.75 Å². The molecule has 0 aliphatic heterocycles. The largest absolute Gasteiger partial charge is 0.172 e. The van der Waals surface area contributed by atoms with Crippen LogP contribution in [0.4, 0.5) is 0 Å². The molecule has 9 aromatic heterocycles. The predicted octanol–water partition coefficient (Wildman–Crippen LogP) is 32.2. The molecule has 0 bridgehead atoms. The van der Waals surface area contributed by atoms with Crippen molar-refractivity contribution >= 4 is 146 Å². The number of hydrogen-bond donors (Lipinski definition) is 0. The number of thiophene rings is 8. The first-order chi connectivity index (χ1) is 49.6. The third-order valence-electron chi connectivity index (χ3n) is 20.1. The summed E-state index contributed by atoms with van der Waals surface area (Å²) in [6, 6.07) is 48.7. The highest BCUT2D eigenvalue weighted by molar-refractivity contribution is 7.30. The first-order valence-corrected chi connectivity index (χ1v) is 45.1. The lowest BCUT2D eigenvalue weighted by molar-refractivity contribution is 0.668. The number of aromatic nitrogens is 2. The number of benzene rings is 5. The van der Waals surface area contributed by atoms with E-state index in [4.69, 9.17) is 8.75 Å². The Morgan fingerprint density at radius 1 is 0.297 bits per heavy atom. The highest BCUT2D eigenvalue weighted by Crippen LogP contribution is 2.53. The van der Waals surface area contributed by atoms with Crippen LogP contribution < -0.4 is 0 Å². The van der Waals surface area contributed by atoms with E-state index in [1.807, 2.05) is 90.7 Å². The first-order valence-electron chi connectivity index (χ1n) is 37.8. The molecule has 9 heterocycles. The minimum atomic E-state index is 0.932. The topological polar surface area (TPSA) is 25.8 Å². The van der Waals surface area contributed by atoms with Crippen LogP contribution >= 0.6 is 102 Å². The van der Waals surface area contributed by atoms with Gasteiger partial charge in [-0.05, 0) is 241 Å². The van der Waals surface area contributed by atoms with Gasteiger partial charge in [0.05, 0.1) is 11.7 Å². The van der Waals surface area contributed by atoms with Gasteiger partial charge in [0.25, 0.3) is 0 Å². The van der Waals surface area contributed by atoms with Crippen LogP contribution in [0.1, 0.15) is 201 Å². The summed E-state index contributed by atoms with van der Waals surface area (Å²) in [6.07, 6.45) is 37.9. The molecule has 0 spiro atoms. The molecule has 2 nitrogen and oxygen atoms in total. The van der Waals surface area contributed by atoms with Gasteiger partial charge in [-0.15, -0.1) is 90.7 Å². The smallest absolute Gasteiger partial charge is 0.114 e. The molecule has 14 aromatic rings. The fraction of sp³-hybridized carbons (Fsp3) is 0.356. The Labute approximate surface area is 637 Å². The van der Waals surface area contributed by atoms with Crippen molar-refractivity contribution in [1.82, 2.24) is 8.75 Å². The molecular formula is C90H96N2S9. The van der Waals surface area contributed by atoms with E-state index < -0.39 is 0 Å². The second kappa shape index (κ2) is 33.9. The highest BCUT2D eigenvalue weighted by Gasteiger charge is 2.26. The lowest BCUT2D eigenvalue weighted by atomic mass is 9.91. The standard InChI is InChI=1S/C90H96N2S9/c1-9-15-21-27-33-65-53-77(97-85(65)72-43-45-74(94-72)87-67(35-29-23-17-11-3)55-79(99-87)89-63(31-25-19-13-5)49-58(8)93-89)70-41-42-71(84-83(70)91-101-92-84)78-54-66(34-28-22-16-10-2)86(98-78)73-44-46-75(95-73)88-68(36-30-24-18-12-4)56-80(100-88)90-64(32-26-20-14-6)52-76(96-90)69-50-61-39-37-59-47-57(7)48-60-38-40-62(51-69)82(61)81(59)60/h19-20,25-26,37-56H,9-18,21-24,27-36H2,1-8H3/b25-19+,26-20+. The lowest BCUT2D eigenvalue weighted by Crippen LogP contribution is -1.86. The highest BCUT2D eigenvalue weighted by atomic mass is 32.1. The van der Waals surface area contributed by atoms with Crippen LogP contribution in [0.3, 0.4) is 0 Å². The lowest BCUT2D eigenvalue weighted by Gasteiger charge is -2.13. The van der Waals surface area contributed by atoms with Gasteiger partial charge in [0, 0.05) is 89.2 Å². The van der Waals surface area contributed by atoms with E-state index in [1.54, 1.807) is 0 Å². The van der Waals surface area contributed by atoms with Crippen molar-refractivity contribution in [3.05, 3.63) is 189 Å². The Morgan fingerprint density at radius 2 is 0.644 bits per heavy atom. The summed E-state index contributed by atoms with van der Waals surface area (Å²) in [5.74, 6) is 0. The number of fused-ring (bicyclic) bond motifs is 1. The maximum Gasteiger partial charge on any atom is 0.114 e. The molecule has 14 rings (SSSR count). The summed E-state index contributed by atoms with van der Waals surface area (Å²) in [7, 11) is 0. The van der Waals surface area contributed by atoms with Crippen molar-refractivity contribution in [2.24, 2.45) is 0 Å². The molecule has 0 N–H and O–H groups in total. The summed E-state index contributed by atoms with van der Waals surface area (Å²) in [4.78, 5) is 22.4. The molecule has 101 heavy (non-hydrogen) atoms. The molecule has 520 valence electrons. The Balaban J connectivity index is 0.791. The second-order valence-corrected chi connectivity index (χ2v) is 37.1. The zero-order valence-corrected chi connectivity index (χ0v) is 67.7. The van der Waals surface area contributed by atoms with Gasteiger partial charge in [-0.1, -0.05) is 191 Å². The normalized spacial score (nSPS) is 12.2. The molecule has 5 aromatic carbocycles. The van der Waals surface area contributed by atoms with Gasteiger partial charge < -0.3 is 0 Å². The summed E-state index contributed by atoms with van der Waals surface area (Å²) >= 11 is 17.4. The molecule has 0 amide bonds. The van der Waals surface area contributed by atoms with Crippen molar-refractivity contribution in [3.63, 3.8) is 0 Å². The van der Waals surface area contributed by atoms with Gasteiger partial charge in [-0.2, -0.15) is 8.75 Å². The molecule has 0 aliphatic rings. The molecule has 0 saturated carbocycles. The van der Waals surface area contributed by atoms with Crippen LogP contribution in [0.25, 0.3) is 133 Å². The summed E-state index contributed by atoms with van der Waals surface area (Å²) in [5.41, 5.74) is 16.0. The number of hydrogen-bond acceptors (Lipinski definition) is 11. The van der Waals surface area contributed by atoms with E-state index in [1.165, 1.54) is 280 Å². The molecule has 0 atom stereocenters. The zero-order valence-electron chi connectivity index (χ0n) is 60.4. The average molecular weight is 1490 g/mol. The van der Waals surface area contributed by atoms with Crippen LogP contribution in [0, 0.1) is 13.8 Å². The number of rotatable bonds is 35. The Bertz CT molecular complexity index is 5090. The maximum atomic E-state index is 5.20. The molecule has 0 radical (unpaired) electrons. The number of unbranched alkanes of at least 4 members (excludes halogenated alkanes) is 12. The second-order valence-electron chi connectivity index (χ2n) is 27.9. The molecular weight excluding hydrogens is 1400 g/mol. The van der Waals surface area contributed by atoms with Crippen molar-refractivity contribution < 1.29 is 0 Å². The summed E-state index contributed by atoms with van der Waals surface area (Å²) in [6.45, 7) is 18.3. The van der Waals surface area contributed by atoms with E-state index in [9.17, 15) is 0 Å². The van der Waals surface area contributed by atoms with Crippen LogP contribution in [0.15, 0.2) is 146 Å². The fourth-order valence-electron chi connectivity index (χ4n) is 14.9. The van der Waals surface area contributed by atoms with Crippen molar-refractivity contribution in [2.75, 3.05) is 0 Å². The molecule has 0 aliphatic carbocycles. The number of nitrogens with zero attached hydrogens (tertiary/aromatic N) is 2. The number of aryl methyl sites for hydroxylation is 6. The summed E-state index contributed by atoms with van der Waals surface area (Å²) in [5, 5.41) is 8.09. The molecule has 0 saturated heterocycles. The molecule has 0 fully saturated rings. The van der Waals surface area contributed by atoms with Gasteiger partial charge in [-0.25, -0.2) is 0 Å². The van der Waals surface area contributed by atoms with Crippen LogP contribution in [0.5, 0.6) is 0 Å². The van der Waals surface area contributed by atoms with Crippen molar-refractivity contribution in [3.8, 4) is 89.8 Å². The van der Waals surface area contributed by atoms with E-state index in [0.717, 1.165) is 62.4 Å². The Morgan fingerprint density at radius 3 is 1.05 bits per heavy atom. The quantitative estimate of drug-likeness (QED) is 0.0225. The Kier molecular flexibility index (Phi) is 24.1. The molecule has 0 unspecified atom stereocenters. The Hall–Kier alpha value is -5.96. The van der Waals surface area contributed by atoms with Crippen LogP contribution in [-0.2, 0) is 38.5 Å². The SMILES string of the molecule is CC/C=C/Cc1cc(C)sc1-c1cc(CCCCCC)c(-c2ccc(-c3sc(-c4ccc(-c5cc(CCCCCC)c(-c6ccc(-c7sc(-c8sc(-c9cc%10ccc%11cc(C)cc%12ccc(c9)c%10c%11%12)cc8C/C=C/CC)cc7CCCCCC)s6)s5)c5nsnc45)cc3CCCCCC)s2)s1. The monoisotopic (exact) mass is 1490 g/mol. The summed E-state index contributed by atoms with van der Waals surface area (Å²) < 4.78 is 10.4.